The van der Waals surface area contributed by atoms with Gasteiger partial charge in [-0.1, -0.05) is 0 Å². The van der Waals surface area contributed by atoms with Crippen molar-refractivity contribution in [3.63, 3.8) is 0 Å². The van der Waals surface area contributed by atoms with Crippen molar-refractivity contribution >= 4 is 52.1 Å². The topological polar surface area (TPSA) is 6.48 Å². The average Bonchev–Trinajstić information content (AvgIpc) is 3.74. The first-order valence-electron chi connectivity index (χ1n) is 16.2. The second-order valence-corrected chi connectivity index (χ2v) is 41.4. The van der Waals surface area contributed by atoms with Crippen LogP contribution in [0.1, 0.15) is 0 Å². The number of rotatable bonds is 6. The van der Waals surface area contributed by atoms with Crippen LogP contribution in [0, 0.1) is 23.3 Å². The predicted molar refractivity (Wildman–Crippen MR) is 190 cm³/mol. The SMILES string of the molecule is C[Si]1(C)CC[Si](C)(C)N1c1ccc(F)[c]([Ti]([c]2c(F)ccc(N3[Si](C)(C)CC[Si]3(C)C)c2F)([CH]2C=CC=C2)[CH]2C=CC=C2)c1F. The van der Waals surface area contributed by atoms with Gasteiger partial charge in [0.2, 0.25) is 0 Å². The van der Waals surface area contributed by atoms with Crippen molar-refractivity contribution in [2.75, 3.05) is 8.46 Å². The zero-order valence-electron chi connectivity index (χ0n) is 27.8. The van der Waals surface area contributed by atoms with Crippen LogP contribution < -0.4 is 16.2 Å². The van der Waals surface area contributed by atoms with Gasteiger partial charge in [-0.25, -0.2) is 0 Å². The molecule has 2 aromatic carbocycles. The van der Waals surface area contributed by atoms with E-state index in [1.807, 2.05) is 48.6 Å². The van der Waals surface area contributed by atoms with Gasteiger partial charge in [0.25, 0.3) is 0 Å². The molecule has 0 amide bonds. The molecule has 2 fully saturated rings. The zero-order chi connectivity index (χ0) is 32.7. The fraction of sp³-hybridized carbons (Fsp3) is 0.412. The van der Waals surface area contributed by atoms with Gasteiger partial charge in [0.15, 0.2) is 0 Å². The molecule has 0 unspecified atom stereocenters. The molecule has 0 saturated carbocycles. The van der Waals surface area contributed by atoms with E-state index in [0.29, 0.717) is 11.4 Å². The van der Waals surface area contributed by atoms with Gasteiger partial charge in [0.1, 0.15) is 0 Å². The molecule has 0 bridgehead atoms. The number of hydrogen-bond donors (Lipinski definition) is 0. The van der Waals surface area contributed by atoms with Crippen LogP contribution in [0.3, 0.4) is 0 Å². The molecule has 45 heavy (non-hydrogen) atoms. The molecule has 2 nitrogen and oxygen atoms in total. The molecular weight excluding hydrogens is 673 g/mol. The van der Waals surface area contributed by atoms with Gasteiger partial charge in [0, 0.05) is 0 Å². The van der Waals surface area contributed by atoms with Crippen LogP contribution in [0.15, 0.2) is 72.9 Å². The van der Waals surface area contributed by atoms with Crippen LogP contribution >= 0.6 is 0 Å². The maximum atomic E-state index is 17.7. The van der Waals surface area contributed by atoms with Crippen LogP contribution in [0.2, 0.25) is 85.0 Å². The van der Waals surface area contributed by atoms with Crippen LogP contribution in [0.4, 0.5) is 28.9 Å². The first-order chi connectivity index (χ1) is 21.0. The molecule has 0 aromatic heterocycles. The van der Waals surface area contributed by atoms with E-state index in [-0.39, 0.29) is 7.74 Å². The monoisotopic (exact) mass is 718 g/mol. The molecule has 2 saturated heterocycles. The predicted octanol–water partition coefficient (Wildman–Crippen LogP) is 9.64. The van der Waals surface area contributed by atoms with E-state index in [2.05, 4.69) is 60.8 Å². The minimum absolute atomic E-state index is 0.0548. The van der Waals surface area contributed by atoms with E-state index < -0.39 is 81.2 Å². The number of hydrogen-bond acceptors (Lipinski definition) is 2. The molecule has 0 spiro atoms. The molecule has 2 aliphatic heterocycles. The fourth-order valence-corrected chi connectivity index (χ4v) is 46.5. The number of halogens is 4. The van der Waals surface area contributed by atoms with Gasteiger partial charge in [-0.05, 0) is 0 Å². The Bertz CT molecular complexity index is 1490. The van der Waals surface area contributed by atoms with Gasteiger partial charge >= 0.3 is 276 Å². The summed E-state index contributed by atoms with van der Waals surface area (Å²) in [6.07, 6.45) is 15.2. The summed E-state index contributed by atoms with van der Waals surface area (Å²) in [5.41, 5.74) is 0.866. The normalized spacial score (nSPS) is 23.3. The van der Waals surface area contributed by atoms with Gasteiger partial charge in [-0.15, -0.1) is 0 Å². The molecule has 4 aliphatic rings. The second-order valence-electron chi connectivity index (χ2n) is 15.9. The zero-order valence-corrected chi connectivity index (χ0v) is 33.4. The molecule has 2 aliphatic carbocycles. The molecule has 0 N–H and O–H groups in total. The van der Waals surface area contributed by atoms with Crippen molar-refractivity contribution in [1.29, 1.82) is 0 Å². The first kappa shape index (κ1) is 33.2. The fourth-order valence-electron chi connectivity index (χ4n) is 9.29. The Hall–Kier alpha value is -1.70. The van der Waals surface area contributed by atoms with Crippen molar-refractivity contribution in [2.24, 2.45) is 0 Å². The number of anilines is 2. The summed E-state index contributed by atoms with van der Waals surface area (Å²) in [4.78, 5) is 0. The minimum atomic E-state index is -4.86. The van der Waals surface area contributed by atoms with Crippen LogP contribution in [-0.4, -0.2) is 32.9 Å². The number of nitrogens with zero attached hydrogens (tertiary/aromatic N) is 2. The van der Waals surface area contributed by atoms with Gasteiger partial charge in [0.05, 0.1) is 0 Å². The van der Waals surface area contributed by atoms with Crippen LogP contribution in [-0.2, 0) is 16.6 Å². The Morgan fingerprint density at radius 1 is 0.511 bits per heavy atom. The van der Waals surface area contributed by atoms with Crippen molar-refractivity contribution in [2.45, 2.75) is 85.0 Å². The standard InChI is InChI=1S/2C12H18F2NSi2.2C5H5.Ti/c2*1-16(2)7-8-17(3,4)15(16)12-6-5-10(13)9-11(12)14;2*1-2-4-5-3-1;/h2*5-6H,7-8H2,1-4H3;2*1-5H;. The average molecular weight is 719 g/mol. The molecule has 6 rings (SSSR count). The van der Waals surface area contributed by atoms with E-state index in [1.165, 1.54) is 12.1 Å². The van der Waals surface area contributed by atoms with Crippen LogP contribution in [0.25, 0.3) is 0 Å². The van der Waals surface area contributed by atoms with E-state index in [9.17, 15) is 0 Å². The first-order valence-corrected chi connectivity index (χ1v) is 32.2. The number of allylic oxidation sites excluding steroid dienone is 8. The Kier molecular flexibility index (Phi) is 8.26. The summed E-state index contributed by atoms with van der Waals surface area (Å²) in [5.74, 6) is -2.58. The third-order valence-corrected chi connectivity index (χ3v) is 39.6. The molecule has 11 heteroatoms. The van der Waals surface area contributed by atoms with E-state index in [1.54, 1.807) is 12.1 Å². The summed E-state index contributed by atoms with van der Waals surface area (Å²) < 4.78 is 72.6. The Morgan fingerprint density at radius 2 is 0.800 bits per heavy atom. The van der Waals surface area contributed by atoms with Crippen molar-refractivity contribution in [1.82, 2.24) is 0 Å². The van der Waals surface area contributed by atoms with Gasteiger partial charge in [-0.2, -0.15) is 0 Å². The Labute approximate surface area is 274 Å². The van der Waals surface area contributed by atoms with Crippen molar-refractivity contribution in [3.8, 4) is 0 Å². The molecule has 2 heterocycles. The quantitative estimate of drug-likeness (QED) is 0.217. The van der Waals surface area contributed by atoms with Gasteiger partial charge < -0.3 is 0 Å². The van der Waals surface area contributed by atoms with Crippen LogP contribution in [0.5, 0.6) is 0 Å². The summed E-state index contributed by atoms with van der Waals surface area (Å²) >= 11 is -4.86. The van der Waals surface area contributed by atoms with Crippen molar-refractivity contribution < 1.29 is 34.2 Å². The van der Waals surface area contributed by atoms with Crippen molar-refractivity contribution in [3.05, 3.63) is 96.1 Å². The van der Waals surface area contributed by atoms with E-state index >= 15 is 17.6 Å². The van der Waals surface area contributed by atoms with Gasteiger partial charge in [-0.3, -0.25) is 0 Å². The third kappa shape index (κ3) is 5.08. The third-order valence-electron chi connectivity index (χ3n) is 11.1. The number of benzene rings is 2. The molecule has 0 radical (unpaired) electrons. The summed E-state index contributed by atoms with van der Waals surface area (Å²) in [6, 6.07) is 10.2. The Morgan fingerprint density at radius 3 is 1.09 bits per heavy atom. The summed E-state index contributed by atoms with van der Waals surface area (Å²) in [7, 11) is -8.19. The molecular formula is C34H46F4N2Si4Ti. The second kappa shape index (κ2) is 11.2. The summed E-state index contributed by atoms with van der Waals surface area (Å²) in [5, 5.41) is 0. The molecule has 2 aromatic rings. The van der Waals surface area contributed by atoms with E-state index in [4.69, 9.17) is 0 Å². The summed E-state index contributed by atoms with van der Waals surface area (Å²) in [6.45, 7) is 18.1. The van der Waals surface area contributed by atoms with E-state index in [0.717, 1.165) is 24.2 Å². The molecule has 240 valence electrons. The molecule has 0 atom stereocenters. The Balaban J connectivity index is 1.73. The maximum absolute atomic E-state index is 17.7.